The van der Waals surface area contributed by atoms with Crippen molar-refractivity contribution >= 4 is 11.6 Å². The fraction of sp³-hybridized carbons (Fsp3) is 0.154. The van der Waals surface area contributed by atoms with E-state index in [0.717, 1.165) is 0 Å². The highest BCUT2D eigenvalue weighted by atomic mass is 35.5. The molecule has 0 atom stereocenters. The third-order valence-electron chi connectivity index (χ3n) is 2.05. The summed E-state index contributed by atoms with van der Waals surface area (Å²) in [5.41, 5.74) is 0. The molecule has 4 heteroatoms. The number of hydrogen-bond donors (Lipinski definition) is 0. The van der Waals surface area contributed by atoms with Crippen LogP contribution in [0.2, 0.25) is 5.15 Å². The van der Waals surface area contributed by atoms with Crippen molar-refractivity contribution in [1.29, 1.82) is 0 Å². The van der Waals surface area contributed by atoms with Crippen LogP contribution in [-0.4, -0.2) is 11.6 Å². The fourth-order valence-corrected chi connectivity index (χ4v) is 1.52. The fourth-order valence-electron chi connectivity index (χ4n) is 1.37. The minimum absolute atomic E-state index is 0.399. The van der Waals surface area contributed by atoms with Gasteiger partial charge in [-0.2, -0.15) is 0 Å². The van der Waals surface area contributed by atoms with E-state index >= 15 is 0 Å². The monoisotopic (exact) mass is 249 g/mol. The van der Waals surface area contributed by atoms with Gasteiger partial charge in [-0.1, -0.05) is 29.8 Å². The van der Waals surface area contributed by atoms with Crippen molar-refractivity contribution in [3.05, 3.63) is 47.6 Å². The molecule has 0 bridgehead atoms. The van der Waals surface area contributed by atoms with Gasteiger partial charge in [-0.25, -0.2) is 4.98 Å². The van der Waals surface area contributed by atoms with Crippen LogP contribution in [0.25, 0.3) is 0 Å². The lowest BCUT2D eigenvalue weighted by Gasteiger charge is -2.10. The lowest BCUT2D eigenvalue weighted by atomic mass is 10.3. The van der Waals surface area contributed by atoms with Crippen molar-refractivity contribution < 1.29 is 9.47 Å². The molecule has 88 valence electrons. The highest BCUT2D eigenvalue weighted by molar-refractivity contribution is 6.29. The third-order valence-corrected chi connectivity index (χ3v) is 2.26. The first-order valence-corrected chi connectivity index (χ1v) is 5.69. The first kappa shape index (κ1) is 11.7. The Labute approximate surface area is 105 Å². The molecule has 0 spiro atoms. The molecular weight excluding hydrogens is 238 g/mol. The average Bonchev–Trinajstić information content (AvgIpc) is 2.32. The molecule has 2 aromatic rings. The van der Waals surface area contributed by atoms with E-state index in [1.165, 1.54) is 0 Å². The second-order valence-corrected chi connectivity index (χ2v) is 3.67. The summed E-state index contributed by atoms with van der Waals surface area (Å²) in [6, 6.07) is 12.7. The lowest BCUT2D eigenvalue weighted by Crippen LogP contribution is -1.95. The number of halogens is 1. The molecule has 0 saturated heterocycles. The van der Waals surface area contributed by atoms with Gasteiger partial charge in [-0.05, 0) is 25.1 Å². The third kappa shape index (κ3) is 3.11. The largest absolute Gasteiger partial charge is 0.490 e. The molecular formula is C13H12ClNO2. The molecule has 3 nitrogen and oxygen atoms in total. The Balaban J connectivity index is 2.23. The molecule has 1 aromatic carbocycles. The topological polar surface area (TPSA) is 31.4 Å². The molecule has 1 aromatic heterocycles. The van der Waals surface area contributed by atoms with Gasteiger partial charge in [0.25, 0.3) is 0 Å². The Kier molecular flexibility index (Phi) is 3.83. The Morgan fingerprint density at radius 2 is 1.82 bits per heavy atom. The Hall–Kier alpha value is -1.74. The Morgan fingerprint density at radius 1 is 1.06 bits per heavy atom. The molecule has 0 fully saturated rings. The Morgan fingerprint density at radius 3 is 2.53 bits per heavy atom. The van der Waals surface area contributed by atoms with Crippen LogP contribution in [-0.2, 0) is 0 Å². The van der Waals surface area contributed by atoms with Crippen LogP contribution in [0, 0.1) is 0 Å². The number of rotatable bonds is 4. The van der Waals surface area contributed by atoms with Gasteiger partial charge in [0, 0.05) is 6.07 Å². The highest BCUT2D eigenvalue weighted by Gasteiger charge is 2.05. The second kappa shape index (κ2) is 5.55. The zero-order valence-electron chi connectivity index (χ0n) is 9.39. The maximum atomic E-state index is 5.79. The predicted molar refractivity (Wildman–Crippen MR) is 66.9 cm³/mol. The molecule has 17 heavy (non-hydrogen) atoms. The summed E-state index contributed by atoms with van der Waals surface area (Å²) < 4.78 is 11.1. The van der Waals surface area contributed by atoms with E-state index in [9.17, 15) is 0 Å². The van der Waals surface area contributed by atoms with E-state index in [4.69, 9.17) is 21.1 Å². The maximum Gasteiger partial charge on any atom is 0.220 e. The van der Waals surface area contributed by atoms with Crippen LogP contribution in [0.3, 0.4) is 0 Å². The summed E-state index contributed by atoms with van der Waals surface area (Å²) in [6.07, 6.45) is 0. The van der Waals surface area contributed by atoms with Gasteiger partial charge in [0.2, 0.25) is 5.88 Å². The summed E-state index contributed by atoms with van der Waals surface area (Å²) in [6.45, 7) is 2.51. The van der Waals surface area contributed by atoms with Gasteiger partial charge >= 0.3 is 0 Å². The number of pyridine rings is 1. The molecule has 0 aliphatic rings. The van der Waals surface area contributed by atoms with Crippen LogP contribution in [0.15, 0.2) is 42.5 Å². The first-order valence-electron chi connectivity index (χ1n) is 5.32. The van der Waals surface area contributed by atoms with Crippen LogP contribution in [0.5, 0.6) is 17.4 Å². The smallest absolute Gasteiger partial charge is 0.220 e. The van der Waals surface area contributed by atoms with Crippen molar-refractivity contribution in [2.24, 2.45) is 0 Å². The minimum atomic E-state index is 0.399. The van der Waals surface area contributed by atoms with E-state index in [1.54, 1.807) is 18.2 Å². The van der Waals surface area contributed by atoms with E-state index in [2.05, 4.69) is 4.98 Å². The lowest BCUT2D eigenvalue weighted by molar-refractivity contribution is 0.319. The van der Waals surface area contributed by atoms with Gasteiger partial charge in [0.1, 0.15) is 5.15 Å². The number of para-hydroxylation sites is 2. The molecule has 0 unspecified atom stereocenters. The van der Waals surface area contributed by atoms with Gasteiger partial charge < -0.3 is 9.47 Å². The number of nitrogens with zero attached hydrogens (tertiary/aromatic N) is 1. The van der Waals surface area contributed by atoms with E-state index in [-0.39, 0.29) is 0 Å². The first-order chi connectivity index (χ1) is 8.29. The summed E-state index contributed by atoms with van der Waals surface area (Å²) in [5.74, 6) is 1.77. The quantitative estimate of drug-likeness (QED) is 0.770. The SMILES string of the molecule is CCOc1ccccc1Oc1cccc(Cl)n1. The summed E-state index contributed by atoms with van der Waals surface area (Å²) in [4.78, 5) is 4.06. The normalized spacial score (nSPS) is 10.0. The zero-order chi connectivity index (χ0) is 12.1. The number of benzene rings is 1. The molecule has 0 saturated carbocycles. The van der Waals surface area contributed by atoms with Crippen molar-refractivity contribution in [3.8, 4) is 17.4 Å². The van der Waals surface area contributed by atoms with Gasteiger partial charge in [0.05, 0.1) is 6.61 Å². The number of hydrogen-bond acceptors (Lipinski definition) is 3. The molecule has 0 aliphatic heterocycles. The van der Waals surface area contributed by atoms with Crippen molar-refractivity contribution in [2.45, 2.75) is 6.92 Å². The summed E-state index contributed by atoms with van der Waals surface area (Å²) in [7, 11) is 0. The van der Waals surface area contributed by atoms with Crippen LogP contribution >= 0.6 is 11.6 Å². The van der Waals surface area contributed by atoms with E-state index < -0.39 is 0 Å². The summed E-state index contributed by atoms with van der Waals surface area (Å²) >= 11 is 5.79. The molecule has 0 aliphatic carbocycles. The van der Waals surface area contributed by atoms with Crippen molar-refractivity contribution in [2.75, 3.05) is 6.61 Å². The maximum absolute atomic E-state index is 5.79. The predicted octanol–water partition coefficient (Wildman–Crippen LogP) is 3.93. The van der Waals surface area contributed by atoms with Gasteiger partial charge in [0.15, 0.2) is 11.5 Å². The standard InChI is InChI=1S/C13H12ClNO2/c1-2-16-10-6-3-4-7-11(10)17-13-9-5-8-12(14)15-13/h3-9H,2H2,1H3. The molecule has 0 radical (unpaired) electrons. The highest BCUT2D eigenvalue weighted by Crippen LogP contribution is 2.30. The Bertz CT molecular complexity index is 502. The van der Waals surface area contributed by atoms with E-state index in [1.807, 2.05) is 31.2 Å². The number of aromatic nitrogens is 1. The molecule has 2 rings (SSSR count). The van der Waals surface area contributed by atoms with Gasteiger partial charge in [-0.15, -0.1) is 0 Å². The van der Waals surface area contributed by atoms with Crippen molar-refractivity contribution in [1.82, 2.24) is 4.98 Å². The zero-order valence-corrected chi connectivity index (χ0v) is 10.1. The van der Waals surface area contributed by atoms with Crippen LogP contribution < -0.4 is 9.47 Å². The number of ether oxygens (including phenoxy) is 2. The summed E-state index contributed by atoms with van der Waals surface area (Å²) in [5, 5.41) is 0.399. The average molecular weight is 250 g/mol. The minimum Gasteiger partial charge on any atom is -0.490 e. The molecule has 1 heterocycles. The molecule has 0 N–H and O–H groups in total. The van der Waals surface area contributed by atoms with Gasteiger partial charge in [-0.3, -0.25) is 0 Å². The van der Waals surface area contributed by atoms with Crippen LogP contribution in [0.4, 0.5) is 0 Å². The molecule has 0 amide bonds. The van der Waals surface area contributed by atoms with Crippen molar-refractivity contribution in [3.63, 3.8) is 0 Å². The van der Waals surface area contributed by atoms with Crippen LogP contribution in [0.1, 0.15) is 6.92 Å². The van der Waals surface area contributed by atoms with E-state index in [0.29, 0.717) is 29.1 Å². The second-order valence-electron chi connectivity index (χ2n) is 3.28.